The van der Waals surface area contributed by atoms with Crippen LogP contribution < -0.4 is 5.30 Å². The first kappa shape index (κ1) is 14.6. The fourth-order valence-electron chi connectivity index (χ4n) is 2.45. The minimum absolute atomic E-state index is 0.256. The van der Waals surface area contributed by atoms with E-state index in [0.717, 1.165) is 0 Å². The Morgan fingerprint density at radius 3 is 1.88 bits per heavy atom. The van der Waals surface area contributed by atoms with Crippen molar-refractivity contribution in [3.05, 3.63) is 30.3 Å². The summed E-state index contributed by atoms with van der Waals surface area (Å²) in [6, 6.07) is 10.7. The van der Waals surface area contributed by atoms with Crippen molar-refractivity contribution in [2.45, 2.75) is 39.5 Å². The van der Waals surface area contributed by atoms with Gasteiger partial charge in [0.15, 0.2) is 0 Å². The first-order valence-electron chi connectivity index (χ1n) is 6.32. The fraction of sp³-hybridized carbons (Fsp3) is 0.571. The molecule has 1 aromatic carbocycles. The van der Waals surface area contributed by atoms with Gasteiger partial charge in [-0.1, -0.05) is 0 Å². The van der Waals surface area contributed by atoms with E-state index in [1.165, 1.54) is 5.30 Å². The van der Waals surface area contributed by atoms with E-state index in [9.17, 15) is 0 Å². The molecule has 2 nitrogen and oxygen atoms in total. The van der Waals surface area contributed by atoms with Gasteiger partial charge in [-0.25, -0.2) is 0 Å². The maximum atomic E-state index is 6.41. The van der Waals surface area contributed by atoms with E-state index in [1.54, 1.807) is 0 Å². The molecule has 3 heteroatoms. The normalized spacial score (nSPS) is 13.7. The van der Waals surface area contributed by atoms with E-state index >= 15 is 0 Å². The second kappa shape index (κ2) is 5.95. The standard InChI is InChI=1S/C14H26NOP/c1-12(2)16-17(13(3)4,15(5)6)14-10-8-7-9-11-14/h7-13,17H,1-6H3. The Morgan fingerprint density at radius 1 is 1.00 bits per heavy atom. The molecule has 0 atom stereocenters. The Hall–Kier alpha value is -0.430. The van der Waals surface area contributed by atoms with Crippen LogP contribution in [0.4, 0.5) is 0 Å². The van der Waals surface area contributed by atoms with Crippen LogP contribution in [0.25, 0.3) is 0 Å². The third kappa shape index (κ3) is 3.07. The van der Waals surface area contributed by atoms with Crippen LogP contribution in [0, 0.1) is 0 Å². The van der Waals surface area contributed by atoms with Crippen molar-refractivity contribution in [2.75, 3.05) is 14.1 Å². The van der Waals surface area contributed by atoms with Crippen LogP contribution in [0.2, 0.25) is 0 Å². The van der Waals surface area contributed by atoms with Crippen LogP contribution in [0.1, 0.15) is 27.7 Å². The summed E-state index contributed by atoms with van der Waals surface area (Å²) in [7, 11) is 2.22. The molecule has 0 spiro atoms. The molecule has 0 saturated heterocycles. The molecule has 0 unspecified atom stereocenters. The molecule has 0 bridgehead atoms. The molecule has 0 fully saturated rings. The quantitative estimate of drug-likeness (QED) is 0.749. The molecule has 0 saturated carbocycles. The summed E-state index contributed by atoms with van der Waals surface area (Å²) in [5.74, 6) is 0. The van der Waals surface area contributed by atoms with Gasteiger partial charge in [0.2, 0.25) is 0 Å². The van der Waals surface area contributed by atoms with Crippen LogP contribution >= 0.6 is 7.64 Å². The molecule has 17 heavy (non-hydrogen) atoms. The van der Waals surface area contributed by atoms with Crippen LogP contribution in [-0.2, 0) is 4.52 Å². The molecule has 0 heterocycles. The third-order valence-electron chi connectivity index (χ3n) is 3.05. The van der Waals surface area contributed by atoms with Gasteiger partial charge in [0.05, 0.1) is 0 Å². The Bertz CT molecular complexity index is 327. The average Bonchev–Trinajstić information content (AvgIpc) is 2.25. The van der Waals surface area contributed by atoms with Gasteiger partial charge in [-0.3, -0.25) is 0 Å². The van der Waals surface area contributed by atoms with Crippen LogP contribution in [0.5, 0.6) is 0 Å². The van der Waals surface area contributed by atoms with Crippen molar-refractivity contribution in [2.24, 2.45) is 0 Å². The van der Waals surface area contributed by atoms with Crippen molar-refractivity contribution >= 4 is 12.9 Å². The van der Waals surface area contributed by atoms with E-state index in [2.05, 4.69) is 76.8 Å². The fourth-order valence-corrected chi connectivity index (χ4v) is 6.68. The zero-order valence-corrected chi connectivity index (χ0v) is 12.9. The van der Waals surface area contributed by atoms with Gasteiger partial charge >= 0.3 is 106 Å². The Labute approximate surface area is 106 Å². The predicted molar refractivity (Wildman–Crippen MR) is 79.4 cm³/mol. The summed E-state index contributed by atoms with van der Waals surface area (Å²) in [4.78, 5) is 0. The van der Waals surface area contributed by atoms with E-state index < -0.39 is 7.64 Å². The molecule has 1 rings (SSSR count). The summed E-state index contributed by atoms with van der Waals surface area (Å²) >= 11 is 0. The van der Waals surface area contributed by atoms with Gasteiger partial charge in [0.1, 0.15) is 0 Å². The molecule has 0 aliphatic heterocycles. The van der Waals surface area contributed by atoms with Crippen molar-refractivity contribution < 1.29 is 4.52 Å². The van der Waals surface area contributed by atoms with Crippen molar-refractivity contribution in [1.82, 2.24) is 4.67 Å². The first-order valence-corrected chi connectivity index (χ1v) is 8.25. The predicted octanol–water partition coefficient (Wildman–Crippen LogP) is 3.29. The summed E-state index contributed by atoms with van der Waals surface area (Å²) in [5, 5.41) is 1.36. The number of hydrogen-bond donors (Lipinski definition) is 0. The minimum atomic E-state index is -2.06. The maximum absolute atomic E-state index is 6.41. The van der Waals surface area contributed by atoms with Gasteiger partial charge < -0.3 is 0 Å². The molecule has 0 radical (unpaired) electrons. The molecule has 0 aliphatic rings. The van der Waals surface area contributed by atoms with Crippen LogP contribution in [0.3, 0.4) is 0 Å². The van der Waals surface area contributed by atoms with Gasteiger partial charge in [-0.15, -0.1) is 0 Å². The van der Waals surface area contributed by atoms with E-state index in [-0.39, 0.29) is 6.10 Å². The number of hydrogen-bond acceptors (Lipinski definition) is 2. The summed E-state index contributed by atoms with van der Waals surface area (Å²) in [6.45, 7) is 8.77. The molecular formula is C14H26NOP. The summed E-state index contributed by atoms with van der Waals surface area (Å²) in [5.41, 5.74) is 0.516. The second-order valence-corrected chi connectivity index (χ2v) is 9.53. The molecule has 0 amide bonds. The SMILES string of the molecule is CC(C)O[PH](c1ccccc1)(C(C)C)N(C)C. The van der Waals surface area contributed by atoms with E-state index in [1.807, 2.05) is 0 Å². The van der Waals surface area contributed by atoms with Gasteiger partial charge in [0.25, 0.3) is 0 Å². The molecule has 98 valence electrons. The van der Waals surface area contributed by atoms with Gasteiger partial charge in [-0.05, 0) is 0 Å². The Kier molecular flexibility index (Phi) is 5.12. The monoisotopic (exact) mass is 255 g/mol. The first-order chi connectivity index (χ1) is 7.91. The molecule has 0 N–H and O–H groups in total. The second-order valence-electron chi connectivity index (χ2n) is 5.28. The van der Waals surface area contributed by atoms with Crippen LogP contribution in [-0.4, -0.2) is 30.5 Å². The zero-order valence-electron chi connectivity index (χ0n) is 11.9. The molecular weight excluding hydrogens is 229 g/mol. The zero-order chi connectivity index (χ0) is 13.1. The van der Waals surface area contributed by atoms with E-state index in [0.29, 0.717) is 5.66 Å². The van der Waals surface area contributed by atoms with Crippen molar-refractivity contribution in [3.8, 4) is 0 Å². The number of rotatable bonds is 5. The summed E-state index contributed by atoms with van der Waals surface area (Å²) in [6.07, 6.45) is 0.256. The molecule has 1 aromatic rings. The Morgan fingerprint density at radius 2 is 1.53 bits per heavy atom. The van der Waals surface area contributed by atoms with E-state index in [4.69, 9.17) is 4.52 Å². The number of nitrogens with zero attached hydrogens (tertiary/aromatic N) is 1. The van der Waals surface area contributed by atoms with Crippen molar-refractivity contribution in [3.63, 3.8) is 0 Å². The molecule has 0 aliphatic carbocycles. The molecule has 0 aromatic heterocycles. The Balaban J connectivity index is 3.25. The van der Waals surface area contributed by atoms with Crippen LogP contribution in [0.15, 0.2) is 30.3 Å². The number of benzene rings is 1. The topological polar surface area (TPSA) is 12.5 Å². The summed E-state index contributed by atoms with van der Waals surface area (Å²) < 4.78 is 8.72. The van der Waals surface area contributed by atoms with Crippen molar-refractivity contribution in [1.29, 1.82) is 0 Å². The average molecular weight is 255 g/mol. The third-order valence-corrected chi connectivity index (χ3v) is 7.93. The van der Waals surface area contributed by atoms with Gasteiger partial charge in [0, 0.05) is 0 Å². The van der Waals surface area contributed by atoms with Gasteiger partial charge in [-0.2, -0.15) is 0 Å².